The van der Waals surface area contributed by atoms with Crippen LogP contribution in [0.2, 0.25) is 5.02 Å². The third-order valence-electron chi connectivity index (χ3n) is 2.51. The van der Waals surface area contributed by atoms with Crippen LogP contribution in [-0.2, 0) is 6.42 Å². The molecule has 0 heterocycles. The van der Waals surface area contributed by atoms with Gasteiger partial charge >= 0.3 is 0 Å². The molecule has 0 fully saturated rings. The largest absolute Gasteiger partial charge is 0.315 e. The number of aryl methyl sites for hydroxylation is 1. The molecular formula is C13H18ClF2N. The molecule has 17 heavy (non-hydrogen) atoms. The Kier molecular flexibility index (Phi) is 5.86. The summed E-state index contributed by atoms with van der Waals surface area (Å²) in [5.41, 5.74) is 0.676. The number of halogens is 3. The van der Waals surface area contributed by atoms with Crippen molar-refractivity contribution in [1.29, 1.82) is 0 Å². The molecule has 1 aromatic rings. The van der Waals surface area contributed by atoms with Crippen LogP contribution in [0.15, 0.2) is 12.1 Å². The minimum absolute atomic E-state index is 0.306. The van der Waals surface area contributed by atoms with Gasteiger partial charge in [0.2, 0.25) is 0 Å². The van der Waals surface area contributed by atoms with E-state index in [1.807, 2.05) is 0 Å². The normalized spacial score (nSPS) is 11.2. The molecule has 96 valence electrons. The second kappa shape index (κ2) is 6.92. The van der Waals surface area contributed by atoms with Crippen LogP contribution in [0.5, 0.6) is 0 Å². The number of hydrogen-bond donors (Lipinski definition) is 1. The molecule has 0 spiro atoms. The zero-order valence-electron chi connectivity index (χ0n) is 10.2. The molecule has 0 atom stereocenters. The zero-order chi connectivity index (χ0) is 12.8. The van der Waals surface area contributed by atoms with E-state index in [1.165, 1.54) is 6.07 Å². The molecule has 1 nitrogen and oxygen atoms in total. The van der Waals surface area contributed by atoms with Gasteiger partial charge in [-0.3, -0.25) is 0 Å². The van der Waals surface area contributed by atoms with Gasteiger partial charge in [-0.15, -0.1) is 0 Å². The lowest BCUT2D eigenvalue weighted by atomic mass is 10.1. The lowest BCUT2D eigenvalue weighted by Gasteiger charge is -2.08. The highest BCUT2D eigenvalue weighted by atomic mass is 35.5. The summed E-state index contributed by atoms with van der Waals surface area (Å²) in [6.07, 6.45) is 2.58. The molecule has 0 amide bonds. The van der Waals surface area contributed by atoms with Gasteiger partial charge in [0, 0.05) is 11.1 Å². The van der Waals surface area contributed by atoms with Crippen molar-refractivity contribution >= 4 is 11.6 Å². The van der Waals surface area contributed by atoms with Gasteiger partial charge in [0.25, 0.3) is 0 Å². The van der Waals surface area contributed by atoms with Gasteiger partial charge in [0.05, 0.1) is 0 Å². The first-order chi connectivity index (χ1) is 8.00. The van der Waals surface area contributed by atoms with Crippen molar-refractivity contribution in [2.75, 3.05) is 6.54 Å². The van der Waals surface area contributed by atoms with Crippen molar-refractivity contribution in [3.8, 4) is 0 Å². The van der Waals surface area contributed by atoms with E-state index in [1.54, 1.807) is 0 Å². The summed E-state index contributed by atoms with van der Waals surface area (Å²) in [4.78, 5) is 0. The topological polar surface area (TPSA) is 12.0 Å². The highest BCUT2D eigenvalue weighted by Crippen LogP contribution is 2.21. The van der Waals surface area contributed by atoms with Crippen LogP contribution in [0, 0.1) is 11.6 Å². The molecule has 0 aromatic heterocycles. The highest BCUT2D eigenvalue weighted by molar-refractivity contribution is 6.31. The van der Waals surface area contributed by atoms with Crippen LogP contribution in [0.1, 0.15) is 32.3 Å². The third kappa shape index (κ3) is 5.00. The van der Waals surface area contributed by atoms with E-state index in [2.05, 4.69) is 19.2 Å². The van der Waals surface area contributed by atoms with E-state index >= 15 is 0 Å². The zero-order valence-corrected chi connectivity index (χ0v) is 11.0. The molecule has 0 aliphatic rings. The average molecular weight is 262 g/mol. The molecule has 0 unspecified atom stereocenters. The Bertz CT molecular complexity index is 367. The molecule has 0 saturated heterocycles. The van der Waals surface area contributed by atoms with Crippen LogP contribution in [0.4, 0.5) is 8.78 Å². The Hall–Kier alpha value is -0.670. The smallest absolute Gasteiger partial charge is 0.160 e. The molecule has 4 heteroatoms. The fourth-order valence-corrected chi connectivity index (χ4v) is 1.83. The predicted octanol–water partition coefficient (Wildman–Crippen LogP) is 3.94. The first kappa shape index (κ1) is 14.4. The monoisotopic (exact) mass is 261 g/mol. The number of nitrogens with one attached hydrogen (secondary N) is 1. The van der Waals surface area contributed by atoms with E-state index in [4.69, 9.17) is 11.6 Å². The summed E-state index contributed by atoms with van der Waals surface area (Å²) >= 11 is 5.84. The van der Waals surface area contributed by atoms with Crippen molar-refractivity contribution in [2.45, 2.75) is 39.2 Å². The van der Waals surface area contributed by atoms with E-state index in [9.17, 15) is 8.78 Å². The van der Waals surface area contributed by atoms with Gasteiger partial charge in [0.15, 0.2) is 11.6 Å². The Morgan fingerprint density at radius 1 is 1.18 bits per heavy atom. The predicted molar refractivity (Wildman–Crippen MR) is 67.4 cm³/mol. The maximum absolute atomic E-state index is 13.0. The molecule has 0 aliphatic heterocycles. The second-order valence-electron chi connectivity index (χ2n) is 4.42. The SMILES string of the molecule is CC(C)NCCCCc1cc(F)c(F)cc1Cl. The molecule has 1 aromatic carbocycles. The van der Waals surface area contributed by atoms with E-state index in [-0.39, 0.29) is 0 Å². The summed E-state index contributed by atoms with van der Waals surface area (Å²) < 4.78 is 25.8. The molecule has 0 bridgehead atoms. The van der Waals surface area contributed by atoms with Gasteiger partial charge < -0.3 is 5.32 Å². The van der Waals surface area contributed by atoms with E-state index in [0.29, 0.717) is 23.0 Å². The van der Waals surface area contributed by atoms with Gasteiger partial charge in [-0.1, -0.05) is 25.4 Å². The fourth-order valence-electron chi connectivity index (χ4n) is 1.59. The highest BCUT2D eigenvalue weighted by Gasteiger charge is 2.07. The Balaban J connectivity index is 2.39. The minimum atomic E-state index is -0.889. The minimum Gasteiger partial charge on any atom is -0.315 e. The first-order valence-corrected chi connectivity index (χ1v) is 6.25. The van der Waals surface area contributed by atoms with E-state index < -0.39 is 11.6 Å². The van der Waals surface area contributed by atoms with Crippen LogP contribution in [0.3, 0.4) is 0 Å². The van der Waals surface area contributed by atoms with Crippen molar-refractivity contribution in [2.24, 2.45) is 0 Å². The maximum Gasteiger partial charge on any atom is 0.160 e. The first-order valence-electron chi connectivity index (χ1n) is 5.87. The van der Waals surface area contributed by atoms with Gasteiger partial charge in [-0.2, -0.15) is 0 Å². The quantitative estimate of drug-likeness (QED) is 0.604. The van der Waals surface area contributed by atoms with Crippen molar-refractivity contribution in [1.82, 2.24) is 5.32 Å². The van der Waals surface area contributed by atoms with Crippen LogP contribution in [-0.4, -0.2) is 12.6 Å². The number of rotatable bonds is 6. The Morgan fingerprint density at radius 3 is 2.47 bits per heavy atom. The summed E-state index contributed by atoms with van der Waals surface area (Å²) in [5, 5.41) is 3.61. The lowest BCUT2D eigenvalue weighted by molar-refractivity contribution is 0.506. The van der Waals surface area contributed by atoms with Crippen molar-refractivity contribution < 1.29 is 8.78 Å². The molecule has 1 rings (SSSR count). The maximum atomic E-state index is 13.0. The summed E-state index contributed by atoms with van der Waals surface area (Å²) in [5.74, 6) is -1.72. The Labute approximate surface area is 106 Å². The van der Waals surface area contributed by atoms with E-state index in [0.717, 1.165) is 25.5 Å². The van der Waals surface area contributed by atoms with Crippen LogP contribution < -0.4 is 5.32 Å². The summed E-state index contributed by atoms with van der Waals surface area (Å²) in [7, 11) is 0. The second-order valence-corrected chi connectivity index (χ2v) is 4.83. The van der Waals surface area contributed by atoms with Crippen LogP contribution in [0.25, 0.3) is 0 Å². The lowest BCUT2D eigenvalue weighted by Crippen LogP contribution is -2.23. The molecular weight excluding hydrogens is 244 g/mol. The van der Waals surface area contributed by atoms with Crippen LogP contribution >= 0.6 is 11.6 Å². The fraction of sp³-hybridized carbons (Fsp3) is 0.538. The summed E-state index contributed by atoms with van der Waals surface area (Å²) in [6.45, 7) is 5.11. The number of benzene rings is 1. The van der Waals surface area contributed by atoms with Crippen molar-refractivity contribution in [3.05, 3.63) is 34.4 Å². The van der Waals surface area contributed by atoms with Gasteiger partial charge in [-0.05, 0) is 43.5 Å². The number of unbranched alkanes of at least 4 members (excludes halogenated alkanes) is 1. The van der Waals surface area contributed by atoms with Crippen molar-refractivity contribution in [3.63, 3.8) is 0 Å². The standard InChI is InChI=1S/C13H18ClF2N/c1-9(2)17-6-4-3-5-10-7-12(15)13(16)8-11(10)14/h7-9,17H,3-6H2,1-2H3. The third-order valence-corrected chi connectivity index (χ3v) is 2.87. The van der Waals surface area contributed by atoms with Gasteiger partial charge in [-0.25, -0.2) is 8.78 Å². The molecule has 0 aliphatic carbocycles. The molecule has 0 saturated carbocycles. The number of hydrogen-bond acceptors (Lipinski definition) is 1. The molecule has 0 radical (unpaired) electrons. The average Bonchev–Trinajstić information content (AvgIpc) is 2.24. The summed E-state index contributed by atoms with van der Waals surface area (Å²) in [6, 6.07) is 2.70. The molecule has 1 N–H and O–H groups in total. The van der Waals surface area contributed by atoms with Gasteiger partial charge in [0.1, 0.15) is 0 Å². The Morgan fingerprint density at radius 2 is 1.82 bits per heavy atom.